The molecule has 2 rings (SSSR count). The highest BCUT2D eigenvalue weighted by atomic mass is 32.2. The highest BCUT2D eigenvalue weighted by Gasteiger charge is 2.30. The van der Waals surface area contributed by atoms with Gasteiger partial charge in [-0.2, -0.15) is 13.2 Å². The highest BCUT2D eigenvalue weighted by Crippen LogP contribution is 2.31. The van der Waals surface area contributed by atoms with E-state index in [0.29, 0.717) is 50.4 Å². The molecule has 0 amide bonds. The van der Waals surface area contributed by atoms with Gasteiger partial charge in [0.25, 0.3) is 0 Å². The van der Waals surface area contributed by atoms with E-state index in [1.165, 1.54) is 16.4 Å². The van der Waals surface area contributed by atoms with Crippen molar-refractivity contribution in [1.82, 2.24) is 14.9 Å². The smallest absolute Gasteiger partial charge is 0.356 e. The quantitative estimate of drug-likeness (QED) is 0.496. The first-order chi connectivity index (χ1) is 14.1. The molecular formula is C20H31F3N4O2S. The Bertz CT molecular complexity index is 820. The fraction of sp³-hybridized carbons (Fsp3) is 0.650. The van der Waals surface area contributed by atoms with Crippen LogP contribution < -0.4 is 10.6 Å². The summed E-state index contributed by atoms with van der Waals surface area (Å²) in [7, 11) is -1.50. The number of halogens is 3. The molecule has 0 radical (unpaired) electrons. The average Bonchev–Trinajstić information content (AvgIpc) is 2.72. The third-order valence-electron chi connectivity index (χ3n) is 5.43. The lowest BCUT2D eigenvalue weighted by atomic mass is 9.96. The van der Waals surface area contributed by atoms with Gasteiger partial charge in [0.05, 0.1) is 11.3 Å². The lowest BCUT2D eigenvalue weighted by Gasteiger charge is -2.32. The van der Waals surface area contributed by atoms with E-state index in [4.69, 9.17) is 0 Å². The summed E-state index contributed by atoms with van der Waals surface area (Å²) >= 11 is 0. The first-order valence-electron chi connectivity index (χ1n) is 10.2. The van der Waals surface area contributed by atoms with Crippen LogP contribution in [0.3, 0.4) is 0 Å². The SMILES string of the molecule is CCS(=O)(=O)N1CCC(NC(=NC)NCCC(C)c2cccc(C(F)(F)F)c2)CC1. The van der Waals surface area contributed by atoms with Crippen LogP contribution in [-0.2, 0) is 16.2 Å². The third-order valence-corrected chi connectivity index (χ3v) is 7.31. The number of rotatable bonds is 7. The van der Waals surface area contributed by atoms with Crippen molar-refractivity contribution >= 4 is 16.0 Å². The van der Waals surface area contributed by atoms with Crippen molar-refractivity contribution in [3.8, 4) is 0 Å². The first-order valence-corrected chi connectivity index (χ1v) is 11.8. The topological polar surface area (TPSA) is 73.8 Å². The van der Waals surface area contributed by atoms with E-state index < -0.39 is 21.8 Å². The van der Waals surface area contributed by atoms with Gasteiger partial charge < -0.3 is 10.6 Å². The number of nitrogens with zero attached hydrogens (tertiary/aromatic N) is 2. The molecule has 1 aromatic carbocycles. The first kappa shape index (κ1) is 24.5. The Morgan fingerprint density at radius 3 is 2.53 bits per heavy atom. The summed E-state index contributed by atoms with van der Waals surface area (Å²) in [5.74, 6) is 0.682. The minimum Gasteiger partial charge on any atom is -0.356 e. The lowest BCUT2D eigenvalue weighted by molar-refractivity contribution is -0.137. The zero-order valence-electron chi connectivity index (χ0n) is 17.7. The van der Waals surface area contributed by atoms with E-state index >= 15 is 0 Å². The zero-order valence-corrected chi connectivity index (χ0v) is 18.5. The van der Waals surface area contributed by atoms with Crippen LogP contribution in [0.2, 0.25) is 0 Å². The number of piperidine rings is 1. The van der Waals surface area contributed by atoms with Crippen molar-refractivity contribution in [2.24, 2.45) is 4.99 Å². The number of aliphatic imine (C=N–C) groups is 1. The van der Waals surface area contributed by atoms with Crippen LogP contribution in [0, 0.1) is 0 Å². The summed E-state index contributed by atoms with van der Waals surface area (Å²) in [5, 5.41) is 6.51. The molecule has 0 aromatic heterocycles. The minimum atomic E-state index is -4.34. The van der Waals surface area contributed by atoms with E-state index in [9.17, 15) is 21.6 Å². The molecular weight excluding hydrogens is 417 g/mol. The maximum absolute atomic E-state index is 12.9. The Hall–Kier alpha value is -1.81. The number of hydrogen-bond donors (Lipinski definition) is 2. The normalized spacial score (nSPS) is 18.3. The molecule has 1 unspecified atom stereocenters. The van der Waals surface area contributed by atoms with Crippen molar-refractivity contribution in [3.63, 3.8) is 0 Å². The molecule has 170 valence electrons. The monoisotopic (exact) mass is 448 g/mol. The molecule has 10 heteroatoms. The van der Waals surface area contributed by atoms with Gasteiger partial charge in [-0.1, -0.05) is 25.1 Å². The van der Waals surface area contributed by atoms with Gasteiger partial charge in [0.1, 0.15) is 0 Å². The Morgan fingerprint density at radius 2 is 1.97 bits per heavy atom. The van der Waals surface area contributed by atoms with E-state index in [0.717, 1.165) is 6.07 Å². The van der Waals surface area contributed by atoms with Crippen molar-refractivity contribution in [3.05, 3.63) is 35.4 Å². The summed E-state index contributed by atoms with van der Waals surface area (Å²) in [5.41, 5.74) is 0.0211. The molecule has 0 saturated carbocycles. The second kappa shape index (κ2) is 10.5. The number of sulfonamides is 1. The van der Waals surface area contributed by atoms with Gasteiger partial charge in [0.15, 0.2) is 5.96 Å². The highest BCUT2D eigenvalue weighted by molar-refractivity contribution is 7.89. The van der Waals surface area contributed by atoms with Crippen molar-refractivity contribution in [1.29, 1.82) is 0 Å². The molecule has 0 aliphatic carbocycles. The molecule has 0 bridgehead atoms. The fourth-order valence-corrected chi connectivity index (χ4v) is 4.58. The zero-order chi connectivity index (χ0) is 22.4. The maximum Gasteiger partial charge on any atom is 0.416 e. The van der Waals surface area contributed by atoms with Gasteiger partial charge >= 0.3 is 6.18 Å². The Kier molecular flexibility index (Phi) is 8.54. The average molecular weight is 449 g/mol. The summed E-state index contributed by atoms with van der Waals surface area (Å²) in [4.78, 5) is 4.20. The number of nitrogens with one attached hydrogen (secondary N) is 2. The number of alkyl halides is 3. The molecule has 1 aliphatic rings. The maximum atomic E-state index is 12.9. The van der Waals surface area contributed by atoms with Crippen molar-refractivity contribution < 1.29 is 21.6 Å². The van der Waals surface area contributed by atoms with Crippen LogP contribution in [0.5, 0.6) is 0 Å². The van der Waals surface area contributed by atoms with Gasteiger partial charge in [-0.3, -0.25) is 4.99 Å². The lowest BCUT2D eigenvalue weighted by Crippen LogP contribution is -2.50. The van der Waals surface area contributed by atoms with Crippen molar-refractivity contribution in [2.75, 3.05) is 32.4 Å². The van der Waals surface area contributed by atoms with E-state index in [1.54, 1.807) is 20.0 Å². The summed E-state index contributed by atoms with van der Waals surface area (Å²) in [6.45, 7) is 5.07. The molecule has 30 heavy (non-hydrogen) atoms. The molecule has 1 atom stereocenters. The van der Waals surface area contributed by atoms with E-state index in [2.05, 4.69) is 15.6 Å². The summed E-state index contributed by atoms with van der Waals surface area (Å²) in [6, 6.07) is 5.56. The third kappa shape index (κ3) is 6.87. The molecule has 1 fully saturated rings. The summed E-state index contributed by atoms with van der Waals surface area (Å²) in [6.07, 6.45) is -2.30. The van der Waals surface area contributed by atoms with Gasteiger partial charge in [0.2, 0.25) is 10.0 Å². The predicted molar refractivity (Wildman–Crippen MR) is 113 cm³/mol. The number of guanidine groups is 1. The molecule has 1 saturated heterocycles. The van der Waals surface area contributed by atoms with Crippen LogP contribution in [0.1, 0.15) is 50.2 Å². The second-order valence-electron chi connectivity index (χ2n) is 7.53. The molecule has 1 heterocycles. The van der Waals surface area contributed by atoms with E-state index in [-0.39, 0.29) is 17.7 Å². The van der Waals surface area contributed by atoms with Gasteiger partial charge in [-0.25, -0.2) is 12.7 Å². The van der Waals surface area contributed by atoms with Crippen LogP contribution >= 0.6 is 0 Å². The molecule has 1 aromatic rings. The largest absolute Gasteiger partial charge is 0.416 e. The molecule has 1 aliphatic heterocycles. The Morgan fingerprint density at radius 1 is 1.30 bits per heavy atom. The standard InChI is InChI=1S/C20H31F3N4O2S/c1-4-30(28,29)27-12-9-18(10-13-27)26-19(24-3)25-11-8-15(2)16-6-5-7-17(14-16)20(21,22)23/h5-7,14-15,18H,4,8-13H2,1-3H3,(H2,24,25,26). The van der Waals surface area contributed by atoms with E-state index in [1.807, 2.05) is 6.92 Å². The Balaban J connectivity index is 1.80. The van der Waals surface area contributed by atoms with Crippen LogP contribution in [-0.4, -0.2) is 57.2 Å². The minimum absolute atomic E-state index is 0.0413. The van der Waals surface area contributed by atoms with Crippen molar-refractivity contribution in [2.45, 2.75) is 51.2 Å². The summed E-state index contributed by atoms with van der Waals surface area (Å²) < 4.78 is 64.1. The van der Waals surface area contributed by atoms with Crippen LogP contribution in [0.25, 0.3) is 0 Å². The molecule has 2 N–H and O–H groups in total. The second-order valence-corrected chi connectivity index (χ2v) is 9.79. The predicted octanol–water partition coefficient (Wildman–Crippen LogP) is 3.18. The van der Waals surface area contributed by atoms with Crippen LogP contribution in [0.15, 0.2) is 29.3 Å². The van der Waals surface area contributed by atoms with Crippen LogP contribution in [0.4, 0.5) is 13.2 Å². The molecule has 6 nitrogen and oxygen atoms in total. The van der Waals surface area contributed by atoms with Gasteiger partial charge in [-0.15, -0.1) is 0 Å². The fourth-order valence-electron chi connectivity index (χ4n) is 3.44. The van der Waals surface area contributed by atoms with Gasteiger partial charge in [-0.05, 0) is 43.7 Å². The van der Waals surface area contributed by atoms with Gasteiger partial charge in [0, 0.05) is 32.7 Å². The number of hydrogen-bond acceptors (Lipinski definition) is 3. The Labute approximate surface area is 177 Å². The molecule has 0 spiro atoms. The number of benzene rings is 1.